The van der Waals surface area contributed by atoms with Gasteiger partial charge in [0.2, 0.25) is 0 Å². The summed E-state index contributed by atoms with van der Waals surface area (Å²) in [5, 5.41) is 10.3. The van der Waals surface area contributed by atoms with Crippen molar-refractivity contribution in [2.24, 2.45) is 0 Å². The molecule has 1 aromatic rings. The largest absolute Gasteiger partial charge is 0.492 e. The number of hydrogen-bond acceptors (Lipinski definition) is 2. The van der Waals surface area contributed by atoms with E-state index in [4.69, 9.17) is 16.3 Å². The molecule has 0 atom stereocenters. The van der Waals surface area contributed by atoms with Gasteiger partial charge >= 0.3 is 0 Å². The Morgan fingerprint density at radius 2 is 2.06 bits per heavy atom. The highest BCUT2D eigenvalue weighted by Gasteiger charge is 2.12. The maximum atomic E-state index is 9.63. The molecular formula is C13H19ClO2. The van der Waals surface area contributed by atoms with Crippen molar-refractivity contribution >= 4 is 11.6 Å². The van der Waals surface area contributed by atoms with Crippen LogP contribution in [0.1, 0.15) is 32.8 Å². The predicted octanol–water partition coefficient (Wildman–Crippen LogP) is 3.44. The third kappa shape index (κ3) is 4.42. The van der Waals surface area contributed by atoms with Crippen molar-refractivity contribution < 1.29 is 9.84 Å². The van der Waals surface area contributed by atoms with E-state index >= 15 is 0 Å². The molecule has 1 aromatic carbocycles. The molecule has 0 unspecified atom stereocenters. The molecule has 0 saturated carbocycles. The lowest BCUT2D eigenvalue weighted by atomic mass is 9.99. The summed E-state index contributed by atoms with van der Waals surface area (Å²) in [6.45, 7) is 6.16. The van der Waals surface area contributed by atoms with Crippen molar-refractivity contribution in [2.75, 3.05) is 6.61 Å². The van der Waals surface area contributed by atoms with E-state index < -0.39 is 5.60 Å². The molecule has 1 N–H and O–H groups in total. The van der Waals surface area contributed by atoms with E-state index in [1.165, 1.54) is 0 Å². The first-order valence-corrected chi connectivity index (χ1v) is 5.94. The first-order valence-electron chi connectivity index (χ1n) is 5.56. The molecule has 1 rings (SSSR count). The van der Waals surface area contributed by atoms with Crippen LogP contribution >= 0.6 is 11.6 Å². The van der Waals surface area contributed by atoms with Crippen LogP contribution in [-0.4, -0.2) is 17.3 Å². The number of halogens is 1. The normalized spacial score (nSPS) is 11.6. The van der Waals surface area contributed by atoms with Gasteiger partial charge in [-0.15, -0.1) is 0 Å². The molecule has 2 nitrogen and oxygen atoms in total. The van der Waals surface area contributed by atoms with Gasteiger partial charge in [-0.1, -0.05) is 17.7 Å². The molecule has 0 spiro atoms. The second-order valence-electron chi connectivity index (χ2n) is 4.51. The molecule has 0 saturated heterocycles. The highest BCUT2D eigenvalue weighted by molar-refractivity contribution is 6.32. The van der Waals surface area contributed by atoms with Crippen molar-refractivity contribution in [2.45, 2.75) is 39.2 Å². The van der Waals surface area contributed by atoms with E-state index in [9.17, 15) is 5.11 Å². The lowest BCUT2D eigenvalue weighted by molar-refractivity contribution is 0.0714. The summed E-state index contributed by atoms with van der Waals surface area (Å²) in [5.74, 6) is 0.719. The number of aliphatic hydroxyl groups is 1. The lowest BCUT2D eigenvalue weighted by Gasteiger charge is -2.17. The summed E-state index contributed by atoms with van der Waals surface area (Å²) < 4.78 is 5.36. The van der Waals surface area contributed by atoms with Crippen LogP contribution in [0.25, 0.3) is 0 Å². The maximum Gasteiger partial charge on any atom is 0.137 e. The van der Waals surface area contributed by atoms with Gasteiger partial charge in [-0.25, -0.2) is 0 Å². The van der Waals surface area contributed by atoms with E-state index in [1.54, 1.807) is 0 Å². The molecule has 0 bridgehead atoms. The fourth-order valence-electron chi connectivity index (χ4n) is 1.42. The number of hydrogen-bond donors (Lipinski definition) is 1. The Hall–Kier alpha value is -0.730. The summed E-state index contributed by atoms with van der Waals surface area (Å²) in [5.41, 5.74) is 0.487. The van der Waals surface area contributed by atoms with Gasteiger partial charge in [0.1, 0.15) is 5.75 Å². The van der Waals surface area contributed by atoms with E-state index in [1.807, 2.05) is 39.0 Å². The summed E-state index contributed by atoms with van der Waals surface area (Å²) in [6, 6.07) is 5.77. The van der Waals surface area contributed by atoms with E-state index in [0.29, 0.717) is 11.6 Å². The number of rotatable bonds is 5. The Bertz CT molecular complexity index is 342. The minimum Gasteiger partial charge on any atom is -0.492 e. The maximum absolute atomic E-state index is 9.63. The molecule has 0 amide bonds. The summed E-state index contributed by atoms with van der Waals surface area (Å²) in [4.78, 5) is 0. The van der Waals surface area contributed by atoms with Gasteiger partial charge < -0.3 is 9.84 Å². The van der Waals surface area contributed by atoms with Crippen molar-refractivity contribution in [3.8, 4) is 5.75 Å². The lowest BCUT2D eigenvalue weighted by Crippen LogP contribution is -2.19. The van der Waals surface area contributed by atoms with Gasteiger partial charge in [0, 0.05) is 0 Å². The molecule has 0 heterocycles. The standard InChI is InChI=1S/C13H19ClO2/c1-4-16-12-6-5-10(9-11(12)14)7-8-13(2,3)15/h5-6,9,15H,4,7-8H2,1-3H3. The molecule has 0 aromatic heterocycles. The molecule has 3 heteroatoms. The Balaban J connectivity index is 2.66. The molecule has 0 radical (unpaired) electrons. The van der Waals surface area contributed by atoms with Crippen LogP contribution in [0.5, 0.6) is 5.75 Å². The van der Waals surface area contributed by atoms with Crippen LogP contribution in [0.2, 0.25) is 5.02 Å². The first-order chi connectivity index (χ1) is 7.42. The quantitative estimate of drug-likeness (QED) is 0.857. The van der Waals surface area contributed by atoms with Crippen LogP contribution in [0.15, 0.2) is 18.2 Å². The fraction of sp³-hybridized carbons (Fsp3) is 0.538. The number of aryl methyl sites for hydroxylation is 1. The van der Waals surface area contributed by atoms with Gasteiger partial charge in [0.25, 0.3) is 0 Å². The SMILES string of the molecule is CCOc1ccc(CCC(C)(C)O)cc1Cl. The zero-order chi connectivity index (χ0) is 12.2. The molecule has 0 aliphatic rings. The van der Waals surface area contributed by atoms with Crippen LogP contribution in [0.3, 0.4) is 0 Å². The Labute approximate surface area is 102 Å². The van der Waals surface area contributed by atoms with Crippen molar-refractivity contribution in [3.05, 3.63) is 28.8 Å². The number of benzene rings is 1. The predicted molar refractivity (Wildman–Crippen MR) is 67.2 cm³/mol. The highest BCUT2D eigenvalue weighted by atomic mass is 35.5. The van der Waals surface area contributed by atoms with Crippen LogP contribution in [0.4, 0.5) is 0 Å². The molecular weight excluding hydrogens is 224 g/mol. The van der Waals surface area contributed by atoms with Crippen molar-refractivity contribution in [1.82, 2.24) is 0 Å². The second kappa shape index (κ2) is 5.55. The zero-order valence-corrected chi connectivity index (χ0v) is 10.8. The first kappa shape index (κ1) is 13.3. The Morgan fingerprint density at radius 1 is 1.38 bits per heavy atom. The topological polar surface area (TPSA) is 29.5 Å². The smallest absolute Gasteiger partial charge is 0.137 e. The zero-order valence-electron chi connectivity index (χ0n) is 10.1. The third-order valence-corrected chi connectivity index (χ3v) is 2.62. The Morgan fingerprint density at radius 3 is 2.56 bits per heavy atom. The minimum atomic E-state index is -0.634. The third-order valence-electron chi connectivity index (χ3n) is 2.32. The molecule has 90 valence electrons. The van der Waals surface area contributed by atoms with E-state index in [0.717, 1.165) is 24.2 Å². The van der Waals surface area contributed by atoms with E-state index in [2.05, 4.69) is 0 Å². The average Bonchev–Trinajstić information content (AvgIpc) is 2.18. The Kier molecular flexibility index (Phi) is 4.63. The van der Waals surface area contributed by atoms with Crippen molar-refractivity contribution in [1.29, 1.82) is 0 Å². The minimum absolute atomic E-state index is 0.614. The van der Waals surface area contributed by atoms with Crippen LogP contribution in [0, 0.1) is 0 Å². The van der Waals surface area contributed by atoms with E-state index in [-0.39, 0.29) is 0 Å². The van der Waals surface area contributed by atoms with Gasteiger partial charge in [0.15, 0.2) is 0 Å². The van der Waals surface area contributed by atoms with Crippen LogP contribution in [-0.2, 0) is 6.42 Å². The monoisotopic (exact) mass is 242 g/mol. The second-order valence-corrected chi connectivity index (χ2v) is 4.92. The van der Waals surface area contributed by atoms with Crippen molar-refractivity contribution in [3.63, 3.8) is 0 Å². The number of ether oxygens (including phenoxy) is 1. The summed E-state index contributed by atoms with van der Waals surface area (Å²) in [6.07, 6.45) is 1.53. The molecule has 0 fully saturated rings. The van der Waals surface area contributed by atoms with Gasteiger partial charge in [-0.2, -0.15) is 0 Å². The average molecular weight is 243 g/mol. The fourth-order valence-corrected chi connectivity index (χ4v) is 1.68. The summed E-state index contributed by atoms with van der Waals surface area (Å²) >= 11 is 6.07. The van der Waals surface area contributed by atoms with Crippen LogP contribution < -0.4 is 4.74 Å². The molecule has 0 aliphatic heterocycles. The highest BCUT2D eigenvalue weighted by Crippen LogP contribution is 2.26. The molecule has 16 heavy (non-hydrogen) atoms. The van der Waals surface area contributed by atoms with Gasteiger partial charge in [-0.05, 0) is 51.3 Å². The van der Waals surface area contributed by atoms with Gasteiger partial charge in [-0.3, -0.25) is 0 Å². The molecule has 0 aliphatic carbocycles. The summed E-state index contributed by atoms with van der Waals surface area (Å²) in [7, 11) is 0. The van der Waals surface area contributed by atoms with Gasteiger partial charge in [0.05, 0.1) is 17.2 Å².